The van der Waals surface area contributed by atoms with Gasteiger partial charge in [0.25, 0.3) is 0 Å². The molecule has 1 N–H and O–H groups in total. The van der Waals surface area contributed by atoms with E-state index in [1.54, 1.807) is 24.9 Å². The van der Waals surface area contributed by atoms with E-state index in [0.29, 0.717) is 23.1 Å². The molecule has 0 aliphatic carbocycles. The Kier molecular flexibility index (Phi) is 7.59. The highest BCUT2D eigenvalue weighted by Crippen LogP contribution is 2.34. The molecular formula is C25H25ClN4O3S. The zero-order chi connectivity index (χ0) is 24.1. The van der Waals surface area contributed by atoms with E-state index in [9.17, 15) is 4.79 Å². The van der Waals surface area contributed by atoms with Gasteiger partial charge in [-0.2, -0.15) is 5.10 Å². The topological polar surface area (TPSA) is 77.8 Å². The van der Waals surface area contributed by atoms with Crippen LogP contribution in [-0.4, -0.2) is 47.0 Å². The SMILES string of the molecule is COc1ccc(-c2cnn3c(SCC(=O)NCCc4ccc(Cl)cc4)cc(C)nc23)cc1OC. The lowest BCUT2D eigenvalue weighted by Gasteiger charge is -2.10. The number of hydrogen-bond acceptors (Lipinski definition) is 6. The number of rotatable bonds is 9. The van der Waals surface area contributed by atoms with Gasteiger partial charge in [-0.1, -0.05) is 41.6 Å². The summed E-state index contributed by atoms with van der Waals surface area (Å²) < 4.78 is 12.5. The van der Waals surface area contributed by atoms with E-state index in [-0.39, 0.29) is 11.7 Å². The number of benzene rings is 2. The summed E-state index contributed by atoms with van der Waals surface area (Å²) in [5.74, 6) is 1.54. The molecule has 7 nitrogen and oxygen atoms in total. The van der Waals surface area contributed by atoms with Crippen molar-refractivity contribution in [3.8, 4) is 22.6 Å². The average Bonchev–Trinajstić information content (AvgIpc) is 3.27. The zero-order valence-electron chi connectivity index (χ0n) is 19.2. The van der Waals surface area contributed by atoms with Gasteiger partial charge in [0.2, 0.25) is 5.91 Å². The summed E-state index contributed by atoms with van der Waals surface area (Å²) in [7, 11) is 3.21. The summed E-state index contributed by atoms with van der Waals surface area (Å²) in [4.78, 5) is 17.1. The van der Waals surface area contributed by atoms with Crippen molar-refractivity contribution in [2.24, 2.45) is 0 Å². The van der Waals surface area contributed by atoms with Gasteiger partial charge in [0.1, 0.15) is 5.03 Å². The fraction of sp³-hybridized carbons (Fsp3) is 0.240. The van der Waals surface area contributed by atoms with E-state index in [0.717, 1.165) is 39.5 Å². The molecule has 0 aliphatic rings. The molecule has 0 saturated heterocycles. The van der Waals surface area contributed by atoms with E-state index in [4.69, 9.17) is 26.1 Å². The van der Waals surface area contributed by atoms with Crippen LogP contribution in [-0.2, 0) is 11.2 Å². The number of carbonyl (C=O) groups is 1. The lowest BCUT2D eigenvalue weighted by atomic mass is 10.1. The van der Waals surface area contributed by atoms with Crippen molar-refractivity contribution in [1.82, 2.24) is 19.9 Å². The van der Waals surface area contributed by atoms with Crippen LogP contribution in [0.3, 0.4) is 0 Å². The van der Waals surface area contributed by atoms with Crippen molar-refractivity contribution in [3.63, 3.8) is 0 Å². The number of aryl methyl sites for hydroxylation is 1. The second-order valence-electron chi connectivity index (χ2n) is 7.61. The predicted molar refractivity (Wildman–Crippen MR) is 135 cm³/mol. The molecule has 0 bridgehead atoms. The molecule has 1 amide bonds. The molecule has 2 aromatic carbocycles. The van der Waals surface area contributed by atoms with Crippen molar-refractivity contribution in [2.75, 3.05) is 26.5 Å². The molecule has 9 heteroatoms. The Morgan fingerprint density at radius 3 is 2.59 bits per heavy atom. The minimum absolute atomic E-state index is 0.0335. The van der Waals surface area contributed by atoms with Gasteiger partial charge in [-0.15, -0.1) is 0 Å². The van der Waals surface area contributed by atoms with Gasteiger partial charge in [-0.05, 0) is 54.8 Å². The second kappa shape index (κ2) is 10.8. The van der Waals surface area contributed by atoms with Crippen LogP contribution in [0.15, 0.2) is 59.8 Å². The smallest absolute Gasteiger partial charge is 0.230 e. The molecule has 2 heterocycles. The van der Waals surface area contributed by atoms with Crippen LogP contribution in [0.2, 0.25) is 5.02 Å². The van der Waals surface area contributed by atoms with Gasteiger partial charge in [0.15, 0.2) is 17.1 Å². The molecule has 2 aromatic heterocycles. The van der Waals surface area contributed by atoms with Crippen LogP contribution >= 0.6 is 23.4 Å². The first-order chi connectivity index (χ1) is 16.5. The molecule has 0 radical (unpaired) electrons. The summed E-state index contributed by atoms with van der Waals surface area (Å²) in [6.07, 6.45) is 2.53. The number of nitrogens with zero attached hydrogens (tertiary/aromatic N) is 3. The fourth-order valence-electron chi connectivity index (χ4n) is 3.55. The number of nitrogens with one attached hydrogen (secondary N) is 1. The van der Waals surface area contributed by atoms with Crippen LogP contribution in [0, 0.1) is 6.92 Å². The first-order valence-electron chi connectivity index (χ1n) is 10.7. The maximum absolute atomic E-state index is 12.4. The van der Waals surface area contributed by atoms with Gasteiger partial charge >= 0.3 is 0 Å². The van der Waals surface area contributed by atoms with E-state index >= 15 is 0 Å². The number of aromatic nitrogens is 3. The first kappa shape index (κ1) is 23.9. The molecule has 0 unspecified atom stereocenters. The van der Waals surface area contributed by atoms with Gasteiger partial charge in [0.05, 0.1) is 26.2 Å². The molecule has 0 spiro atoms. The third kappa shape index (κ3) is 5.46. The Morgan fingerprint density at radius 1 is 1.09 bits per heavy atom. The minimum Gasteiger partial charge on any atom is -0.493 e. The molecule has 34 heavy (non-hydrogen) atoms. The van der Waals surface area contributed by atoms with Gasteiger partial charge in [-0.25, -0.2) is 9.50 Å². The highest BCUT2D eigenvalue weighted by molar-refractivity contribution is 7.99. The zero-order valence-corrected chi connectivity index (χ0v) is 20.7. The Labute approximate surface area is 207 Å². The van der Waals surface area contributed by atoms with E-state index < -0.39 is 0 Å². The van der Waals surface area contributed by atoms with Crippen LogP contribution in [0.1, 0.15) is 11.3 Å². The van der Waals surface area contributed by atoms with Crippen LogP contribution in [0.5, 0.6) is 11.5 Å². The number of amides is 1. The number of fused-ring (bicyclic) bond motifs is 1. The third-order valence-corrected chi connectivity index (χ3v) is 6.51. The van der Waals surface area contributed by atoms with Crippen molar-refractivity contribution in [2.45, 2.75) is 18.4 Å². The number of halogens is 1. The molecule has 4 aromatic rings. The number of carbonyl (C=O) groups excluding carboxylic acids is 1. The quantitative estimate of drug-likeness (QED) is 0.264. The lowest BCUT2D eigenvalue weighted by Crippen LogP contribution is -2.27. The minimum atomic E-state index is -0.0335. The normalized spacial score (nSPS) is 10.9. The van der Waals surface area contributed by atoms with Crippen molar-refractivity contribution in [1.29, 1.82) is 0 Å². The van der Waals surface area contributed by atoms with Crippen molar-refractivity contribution in [3.05, 3.63) is 71.0 Å². The average molecular weight is 497 g/mol. The maximum Gasteiger partial charge on any atom is 0.230 e. The summed E-state index contributed by atoms with van der Waals surface area (Å²) in [6.45, 7) is 2.50. The fourth-order valence-corrected chi connectivity index (χ4v) is 4.56. The molecule has 176 valence electrons. The van der Waals surface area contributed by atoms with E-state index in [1.807, 2.05) is 55.5 Å². The second-order valence-corrected chi connectivity index (χ2v) is 9.05. The van der Waals surface area contributed by atoms with E-state index in [1.165, 1.54) is 11.8 Å². The van der Waals surface area contributed by atoms with Crippen LogP contribution in [0.25, 0.3) is 16.8 Å². The number of ether oxygens (including phenoxy) is 2. The molecule has 0 atom stereocenters. The van der Waals surface area contributed by atoms with Crippen molar-refractivity contribution < 1.29 is 14.3 Å². The standard InChI is InChI=1S/C25H25ClN4O3S/c1-16-12-24(34-15-23(31)27-11-10-17-4-7-19(26)8-5-17)30-25(29-16)20(14-28-30)18-6-9-21(32-2)22(13-18)33-3/h4-9,12-14H,10-11,15H2,1-3H3,(H,27,31). The Hall–Kier alpha value is -3.23. The first-order valence-corrected chi connectivity index (χ1v) is 12.1. The Morgan fingerprint density at radius 2 is 1.85 bits per heavy atom. The number of hydrogen-bond donors (Lipinski definition) is 1. The lowest BCUT2D eigenvalue weighted by molar-refractivity contribution is -0.118. The highest BCUT2D eigenvalue weighted by Gasteiger charge is 2.15. The molecular weight excluding hydrogens is 472 g/mol. The number of methoxy groups -OCH3 is 2. The summed E-state index contributed by atoms with van der Waals surface area (Å²) in [5.41, 5.74) is 4.49. The van der Waals surface area contributed by atoms with Crippen LogP contribution in [0.4, 0.5) is 0 Å². The van der Waals surface area contributed by atoms with Gasteiger partial charge in [0, 0.05) is 22.8 Å². The molecule has 4 rings (SSSR count). The highest BCUT2D eigenvalue weighted by atomic mass is 35.5. The van der Waals surface area contributed by atoms with Crippen molar-refractivity contribution >= 4 is 34.9 Å². The number of thioether (sulfide) groups is 1. The van der Waals surface area contributed by atoms with Crippen LogP contribution < -0.4 is 14.8 Å². The predicted octanol–water partition coefficient (Wildman–Crippen LogP) is 4.83. The summed E-state index contributed by atoms with van der Waals surface area (Å²) in [6, 6.07) is 15.3. The Balaban J connectivity index is 1.46. The summed E-state index contributed by atoms with van der Waals surface area (Å²) >= 11 is 7.34. The maximum atomic E-state index is 12.4. The third-order valence-electron chi connectivity index (χ3n) is 5.26. The molecule has 0 saturated carbocycles. The molecule has 0 fully saturated rings. The summed E-state index contributed by atoms with van der Waals surface area (Å²) in [5, 5.41) is 9.06. The molecule has 0 aliphatic heterocycles. The monoisotopic (exact) mass is 496 g/mol. The Bertz CT molecular complexity index is 1310. The van der Waals surface area contributed by atoms with Gasteiger partial charge < -0.3 is 14.8 Å². The van der Waals surface area contributed by atoms with E-state index in [2.05, 4.69) is 10.4 Å². The largest absolute Gasteiger partial charge is 0.493 e. The van der Waals surface area contributed by atoms with Gasteiger partial charge in [-0.3, -0.25) is 4.79 Å².